The van der Waals surface area contributed by atoms with E-state index in [9.17, 15) is 9.59 Å². The van der Waals surface area contributed by atoms with Crippen molar-refractivity contribution in [1.29, 1.82) is 0 Å². The smallest absolute Gasteiger partial charge is 0.343 e. The number of rotatable bonds is 5. The van der Waals surface area contributed by atoms with Crippen LogP contribution in [-0.2, 0) is 14.3 Å². The third-order valence-corrected chi connectivity index (χ3v) is 5.61. The van der Waals surface area contributed by atoms with Crippen LogP contribution >= 0.6 is 24.0 Å². The van der Waals surface area contributed by atoms with Gasteiger partial charge in [0.2, 0.25) is 0 Å². The first-order valence-electron chi connectivity index (χ1n) is 8.54. The molecule has 0 N–H and O–H groups in total. The number of hydrogen-bond acceptors (Lipinski definition) is 6. The van der Waals surface area contributed by atoms with E-state index in [-0.39, 0.29) is 12.5 Å². The summed E-state index contributed by atoms with van der Waals surface area (Å²) in [6.07, 6.45) is 1.80. The highest BCUT2D eigenvalue weighted by molar-refractivity contribution is 8.27. The Balaban J connectivity index is 1.76. The predicted molar refractivity (Wildman–Crippen MR) is 116 cm³/mol. The molecule has 1 aliphatic heterocycles. The minimum absolute atomic E-state index is 0.135. The zero-order chi connectivity index (χ0) is 20.3. The highest BCUT2D eigenvalue weighted by Crippen LogP contribution is 2.36. The Morgan fingerprint density at radius 2 is 1.86 bits per heavy atom. The van der Waals surface area contributed by atoms with Gasteiger partial charge in [0.1, 0.15) is 5.75 Å². The SMILES string of the molecule is COC(=O)COc1ccc(/C=C2\SC(=S)N(c3ccc(C)c(C)c3)C2=O)cc1. The number of methoxy groups -OCH3 is 1. The molecule has 1 fully saturated rings. The Kier molecular flexibility index (Phi) is 6.16. The molecule has 1 aliphatic rings. The molecule has 0 unspecified atom stereocenters. The molecule has 0 bridgehead atoms. The number of aryl methyl sites for hydroxylation is 2. The molecule has 0 spiro atoms. The van der Waals surface area contributed by atoms with Crippen molar-refractivity contribution >= 4 is 51.9 Å². The van der Waals surface area contributed by atoms with Crippen molar-refractivity contribution in [3.63, 3.8) is 0 Å². The van der Waals surface area contributed by atoms with E-state index in [1.165, 1.54) is 24.4 Å². The summed E-state index contributed by atoms with van der Waals surface area (Å²) in [6.45, 7) is 3.89. The Bertz CT molecular complexity index is 967. The molecule has 1 amide bonds. The average Bonchev–Trinajstić information content (AvgIpc) is 2.96. The van der Waals surface area contributed by atoms with Gasteiger partial charge < -0.3 is 9.47 Å². The second kappa shape index (κ2) is 8.58. The van der Waals surface area contributed by atoms with Crippen LogP contribution in [0.25, 0.3) is 6.08 Å². The number of esters is 1. The maximum atomic E-state index is 12.9. The normalized spacial score (nSPS) is 15.2. The summed E-state index contributed by atoms with van der Waals surface area (Å²) in [6, 6.07) is 13.0. The maximum absolute atomic E-state index is 12.9. The average molecular weight is 414 g/mol. The molecule has 0 aliphatic carbocycles. The number of ether oxygens (including phenoxy) is 2. The molecule has 5 nitrogen and oxygen atoms in total. The predicted octanol–water partition coefficient (Wildman–Crippen LogP) is 4.26. The summed E-state index contributed by atoms with van der Waals surface area (Å²) >= 11 is 6.70. The molecule has 3 rings (SSSR count). The second-order valence-corrected chi connectivity index (χ2v) is 7.90. The Labute approximate surface area is 173 Å². The Hall–Kier alpha value is -2.64. The molecule has 2 aromatic rings. The van der Waals surface area contributed by atoms with Crippen LogP contribution in [0.1, 0.15) is 16.7 Å². The minimum Gasteiger partial charge on any atom is -0.482 e. The van der Waals surface area contributed by atoms with E-state index in [0.29, 0.717) is 15.0 Å². The Morgan fingerprint density at radius 3 is 2.50 bits per heavy atom. The van der Waals surface area contributed by atoms with Gasteiger partial charge in [-0.3, -0.25) is 9.69 Å². The lowest BCUT2D eigenvalue weighted by molar-refractivity contribution is -0.142. The first-order valence-corrected chi connectivity index (χ1v) is 9.76. The van der Waals surface area contributed by atoms with Gasteiger partial charge in [0.25, 0.3) is 5.91 Å². The molecule has 7 heteroatoms. The van der Waals surface area contributed by atoms with Crippen LogP contribution in [-0.4, -0.2) is 29.9 Å². The number of carbonyl (C=O) groups is 2. The van der Waals surface area contributed by atoms with E-state index >= 15 is 0 Å². The summed E-state index contributed by atoms with van der Waals surface area (Å²) in [5.74, 6) is -0.0337. The minimum atomic E-state index is -0.445. The standard InChI is InChI=1S/C21H19NO4S2/c1-13-4-7-16(10-14(13)2)22-20(24)18(28-21(22)27)11-15-5-8-17(9-6-15)26-12-19(23)25-3/h4-11H,12H2,1-3H3/b18-11-. The molecule has 1 heterocycles. The van der Waals surface area contributed by atoms with Crippen LogP contribution in [0.2, 0.25) is 0 Å². The molecular formula is C21H19NO4S2. The summed E-state index contributed by atoms with van der Waals surface area (Å²) in [4.78, 5) is 26.1. The summed E-state index contributed by atoms with van der Waals surface area (Å²) in [5.41, 5.74) is 3.89. The first kappa shape index (κ1) is 20.1. The number of nitrogens with zero attached hydrogens (tertiary/aromatic N) is 1. The third kappa shape index (κ3) is 4.43. The van der Waals surface area contributed by atoms with Gasteiger partial charge in [0.05, 0.1) is 17.7 Å². The summed E-state index contributed by atoms with van der Waals surface area (Å²) < 4.78 is 10.4. The molecule has 144 valence electrons. The molecule has 2 aromatic carbocycles. The number of thioether (sulfide) groups is 1. The van der Waals surface area contributed by atoms with Gasteiger partial charge in [0.15, 0.2) is 10.9 Å². The van der Waals surface area contributed by atoms with Crippen molar-refractivity contribution in [3.05, 3.63) is 64.1 Å². The number of hydrogen-bond donors (Lipinski definition) is 0. The van der Waals surface area contributed by atoms with Crippen molar-refractivity contribution in [1.82, 2.24) is 0 Å². The van der Waals surface area contributed by atoms with Gasteiger partial charge in [-0.1, -0.05) is 42.2 Å². The largest absolute Gasteiger partial charge is 0.482 e. The van der Waals surface area contributed by atoms with E-state index in [2.05, 4.69) is 4.74 Å². The van der Waals surface area contributed by atoms with Crippen LogP contribution < -0.4 is 9.64 Å². The van der Waals surface area contributed by atoms with E-state index in [0.717, 1.165) is 16.8 Å². The molecule has 0 atom stereocenters. The van der Waals surface area contributed by atoms with E-state index in [1.807, 2.05) is 44.2 Å². The fraction of sp³-hybridized carbons (Fsp3) is 0.190. The van der Waals surface area contributed by atoms with Crippen LogP contribution in [0, 0.1) is 13.8 Å². The number of amides is 1. The maximum Gasteiger partial charge on any atom is 0.343 e. The van der Waals surface area contributed by atoms with E-state index in [4.69, 9.17) is 17.0 Å². The van der Waals surface area contributed by atoms with Crippen molar-refractivity contribution in [2.75, 3.05) is 18.6 Å². The van der Waals surface area contributed by atoms with Crippen LogP contribution in [0.15, 0.2) is 47.4 Å². The van der Waals surface area contributed by atoms with Gasteiger partial charge in [-0.15, -0.1) is 0 Å². The number of benzene rings is 2. The zero-order valence-corrected chi connectivity index (χ0v) is 17.4. The Morgan fingerprint density at radius 1 is 1.14 bits per heavy atom. The second-order valence-electron chi connectivity index (χ2n) is 6.22. The molecule has 1 saturated heterocycles. The molecule has 28 heavy (non-hydrogen) atoms. The van der Waals surface area contributed by atoms with Gasteiger partial charge in [0, 0.05) is 0 Å². The van der Waals surface area contributed by atoms with Crippen molar-refractivity contribution in [2.45, 2.75) is 13.8 Å². The van der Waals surface area contributed by atoms with Crippen molar-refractivity contribution < 1.29 is 19.1 Å². The lowest BCUT2D eigenvalue weighted by Crippen LogP contribution is -2.27. The van der Waals surface area contributed by atoms with Crippen molar-refractivity contribution in [3.8, 4) is 5.75 Å². The lowest BCUT2D eigenvalue weighted by Gasteiger charge is -2.15. The fourth-order valence-corrected chi connectivity index (χ4v) is 3.87. The lowest BCUT2D eigenvalue weighted by atomic mass is 10.1. The van der Waals surface area contributed by atoms with Crippen LogP contribution in [0.4, 0.5) is 5.69 Å². The molecule has 0 saturated carbocycles. The zero-order valence-electron chi connectivity index (χ0n) is 15.7. The summed E-state index contributed by atoms with van der Waals surface area (Å²) in [7, 11) is 1.31. The summed E-state index contributed by atoms with van der Waals surface area (Å²) in [5, 5.41) is 0. The van der Waals surface area contributed by atoms with Crippen LogP contribution in [0.3, 0.4) is 0 Å². The quantitative estimate of drug-likeness (QED) is 0.415. The van der Waals surface area contributed by atoms with Gasteiger partial charge in [-0.2, -0.15) is 0 Å². The molecular weight excluding hydrogens is 394 g/mol. The number of anilines is 1. The molecule has 0 aromatic heterocycles. The van der Waals surface area contributed by atoms with Gasteiger partial charge in [-0.05, 0) is 60.9 Å². The fourth-order valence-electron chi connectivity index (χ4n) is 2.57. The monoisotopic (exact) mass is 413 g/mol. The highest BCUT2D eigenvalue weighted by atomic mass is 32.2. The van der Waals surface area contributed by atoms with Gasteiger partial charge in [-0.25, -0.2) is 4.79 Å². The number of carbonyl (C=O) groups excluding carboxylic acids is 2. The third-order valence-electron chi connectivity index (χ3n) is 4.30. The molecule has 0 radical (unpaired) electrons. The van der Waals surface area contributed by atoms with E-state index in [1.54, 1.807) is 23.1 Å². The first-order chi connectivity index (χ1) is 13.4. The highest BCUT2D eigenvalue weighted by Gasteiger charge is 2.33. The van der Waals surface area contributed by atoms with Gasteiger partial charge >= 0.3 is 5.97 Å². The number of thiocarbonyl (C=S) groups is 1. The van der Waals surface area contributed by atoms with Crippen LogP contribution in [0.5, 0.6) is 5.75 Å². The van der Waals surface area contributed by atoms with E-state index < -0.39 is 5.97 Å². The van der Waals surface area contributed by atoms with Crippen molar-refractivity contribution in [2.24, 2.45) is 0 Å². The topological polar surface area (TPSA) is 55.8 Å².